The zero-order valence-electron chi connectivity index (χ0n) is 35.2. The number of nitrogens with zero attached hydrogens (tertiary/aromatic N) is 4. The normalized spacial score (nSPS) is 12.9. The number of anilines is 2. The van der Waals surface area contributed by atoms with E-state index >= 15 is 8.78 Å². The summed E-state index contributed by atoms with van der Waals surface area (Å²) in [6.07, 6.45) is -5.60. The number of halogens is 13. The molecule has 10 nitrogen and oxygen atoms in total. The first-order chi connectivity index (χ1) is 31.6. The standard InChI is InChI=1S/C44H37F13N4O6S/c1-2-3-4-5-6-9-25-58(35(62)28-16-22-32(23-17-28)61(65)66)30-18-12-27(13-19-30)36(63)59(26-24-39(45,46)40(47,48)41(49,50)42(51,52)43(53,54)44(55,56)57)31-20-14-29(15-21-31)37(64)60-33-10-7-8-11-34(33)67-38(60)68/h7-8,10-23H,2-6,9,24-26H2,1H3. The van der Waals surface area contributed by atoms with Crippen LogP contribution >= 0.6 is 12.2 Å². The highest BCUT2D eigenvalue weighted by molar-refractivity contribution is 7.71. The number of hydrogen-bond donors (Lipinski definition) is 0. The third kappa shape index (κ3) is 10.2. The van der Waals surface area contributed by atoms with E-state index in [-0.39, 0.29) is 49.9 Å². The van der Waals surface area contributed by atoms with Gasteiger partial charge in [0.2, 0.25) is 0 Å². The van der Waals surface area contributed by atoms with Crippen LogP contribution in [0.15, 0.2) is 101 Å². The molecule has 366 valence electrons. The minimum absolute atomic E-state index is 0.0151. The summed E-state index contributed by atoms with van der Waals surface area (Å²) in [6, 6.07) is 18.8. The number of fused-ring (bicyclic) bond motifs is 1. The number of non-ortho nitro benzene ring substituents is 1. The van der Waals surface area contributed by atoms with Crippen molar-refractivity contribution in [2.24, 2.45) is 0 Å². The zero-order valence-corrected chi connectivity index (χ0v) is 36.0. The smallest absolute Gasteiger partial charge is 0.429 e. The molecule has 1 heterocycles. The second-order valence-electron chi connectivity index (χ2n) is 15.3. The minimum Gasteiger partial charge on any atom is -0.429 e. The van der Waals surface area contributed by atoms with Crippen molar-refractivity contribution in [1.82, 2.24) is 4.57 Å². The van der Waals surface area contributed by atoms with Crippen LogP contribution in [-0.4, -0.2) is 76.1 Å². The number of benzene rings is 4. The van der Waals surface area contributed by atoms with Crippen LogP contribution < -0.4 is 9.80 Å². The summed E-state index contributed by atoms with van der Waals surface area (Å²) in [5.41, 5.74) is -1.05. The van der Waals surface area contributed by atoms with Gasteiger partial charge < -0.3 is 14.2 Å². The van der Waals surface area contributed by atoms with Crippen LogP contribution in [-0.2, 0) is 0 Å². The van der Waals surface area contributed by atoms with E-state index in [2.05, 4.69) is 0 Å². The Bertz CT molecular complexity index is 2670. The molecule has 2 amide bonds. The zero-order chi connectivity index (χ0) is 50.6. The van der Waals surface area contributed by atoms with Gasteiger partial charge >= 0.3 is 35.8 Å². The number of oxazole rings is 1. The number of carbonyl (C=O) groups excluding carboxylic acids is 3. The lowest BCUT2D eigenvalue weighted by Crippen LogP contribution is -2.70. The molecule has 0 spiro atoms. The number of unbranched alkanes of at least 4 members (excludes halogenated alkanes) is 5. The number of nitro groups is 1. The third-order valence-corrected chi connectivity index (χ3v) is 11.0. The number of hydrogen-bond acceptors (Lipinski definition) is 7. The van der Waals surface area contributed by atoms with Crippen molar-refractivity contribution in [3.05, 3.63) is 129 Å². The SMILES string of the molecule is CCCCCCCCN(C(=O)c1ccc([N+](=O)[O-])cc1)c1ccc(C(=O)N(CCC(F)(F)C(F)(F)C(F)(F)C(F)(F)C(F)(F)C(F)(F)F)c2ccc(C(=O)n3c(=S)oc4ccccc43)cc2)cc1. The summed E-state index contributed by atoms with van der Waals surface area (Å²) in [7, 11) is 0. The Morgan fingerprint density at radius 2 is 1.06 bits per heavy atom. The molecular formula is C44H37F13N4O6S. The van der Waals surface area contributed by atoms with Crippen molar-refractivity contribution in [2.45, 2.75) is 87.7 Å². The van der Waals surface area contributed by atoms with Gasteiger partial charge in [-0.1, -0.05) is 51.2 Å². The molecule has 0 radical (unpaired) electrons. The number of nitro benzene ring substituents is 1. The highest BCUT2D eigenvalue weighted by Crippen LogP contribution is 2.60. The molecule has 0 saturated carbocycles. The highest BCUT2D eigenvalue weighted by atomic mass is 32.1. The van der Waals surface area contributed by atoms with Crippen molar-refractivity contribution < 1.29 is 80.8 Å². The molecular weight excluding hydrogens is 960 g/mol. The van der Waals surface area contributed by atoms with Gasteiger partial charge in [-0.25, -0.2) is 4.57 Å². The fourth-order valence-electron chi connectivity index (χ4n) is 6.85. The predicted octanol–water partition coefficient (Wildman–Crippen LogP) is 13.3. The molecule has 0 aliphatic rings. The first-order valence-corrected chi connectivity index (χ1v) is 20.7. The molecule has 4 aromatic carbocycles. The highest BCUT2D eigenvalue weighted by Gasteiger charge is 2.90. The van der Waals surface area contributed by atoms with Gasteiger partial charge in [0.15, 0.2) is 5.58 Å². The van der Waals surface area contributed by atoms with E-state index in [1.165, 1.54) is 47.4 Å². The van der Waals surface area contributed by atoms with Crippen LogP contribution in [0.4, 0.5) is 74.1 Å². The Balaban J connectivity index is 1.51. The monoisotopic (exact) mass is 996 g/mol. The van der Waals surface area contributed by atoms with Crippen molar-refractivity contribution in [3.8, 4) is 0 Å². The van der Waals surface area contributed by atoms with E-state index in [4.69, 9.17) is 16.6 Å². The van der Waals surface area contributed by atoms with Crippen LogP contribution in [0.3, 0.4) is 0 Å². The van der Waals surface area contributed by atoms with Gasteiger partial charge in [-0.05, 0) is 91.4 Å². The van der Waals surface area contributed by atoms with E-state index in [9.17, 15) is 72.8 Å². The van der Waals surface area contributed by atoms with Gasteiger partial charge in [0.25, 0.3) is 28.2 Å². The van der Waals surface area contributed by atoms with Gasteiger partial charge in [-0.15, -0.1) is 0 Å². The first kappa shape index (κ1) is 52.6. The van der Waals surface area contributed by atoms with Crippen LogP contribution in [0.25, 0.3) is 11.1 Å². The molecule has 1 aromatic heterocycles. The maximum atomic E-state index is 15.2. The molecule has 24 heteroatoms. The van der Waals surface area contributed by atoms with E-state index in [1.54, 1.807) is 6.07 Å². The van der Waals surface area contributed by atoms with E-state index in [0.717, 1.165) is 78.8 Å². The van der Waals surface area contributed by atoms with Crippen molar-refractivity contribution >= 4 is 58.1 Å². The van der Waals surface area contributed by atoms with E-state index < -0.39 is 82.7 Å². The molecule has 5 rings (SSSR count). The number of rotatable bonds is 20. The average Bonchev–Trinajstić information content (AvgIpc) is 3.63. The molecule has 0 atom stereocenters. The van der Waals surface area contributed by atoms with E-state index in [1.807, 2.05) is 6.92 Å². The number of alkyl halides is 13. The summed E-state index contributed by atoms with van der Waals surface area (Å²) in [5, 5.41) is 11.2. The number of aromatic nitrogens is 1. The van der Waals surface area contributed by atoms with Crippen molar-refractivity contribution in [2.75, 3.05) is 22.9 Å². The van der Waals surface area contributed by atoms with Gasteiger partial charge in [0, 0.05) is 59.7 Å². The molecule has 0 N–H and O–H groups in total. The fourth-order valence-corrected chi connectivity index (χ4v) is 7.12. The maximum Gasteiger partial charge on any atom is 0.460 e. The molecule has 5 aromatic rings. The Kier molecular flexibility index (Phi) is 15.6. The topological polar surface area (TPSA) is 119 Å². The molecule has 0 aliphatic carbocycles. The van der Waals surface area contributed by atoms with Crippen LogP contribution in [0.5, 0.6) is 0 Å². The third-order valence-electron chi connectivity index (χ3n) is 10.7. The summed E-state index contributed by atoms with van der Waals surface area (Å²) >= 11 is 5.14. The summed E-state index contributed by atoms with van der Waals surface area (Å²) < 4.78 is 189. The van der Waals surface area contributed by atoms with Gasteiger partial charge in [-0.2, -0.15) is 57.1 Å². The second-order valence-corrected chi connectivity index (χ2v) is 15.7. The Hall–Kier alpha value is -6.33. The number of carbonyl (C=O) groups is 3. The largest absolute Gasteiger partial charge is 0.460 e. The van der Waals surface area contributed by atoms with Gasteiger partial charge in [0.1, 0.15) is 0 Å². The average molecular weight is 997 g/mol. The lowest BCUT2D eigenvalue weighted by Gasteiger charge is -2.40. The van der Waals surface area contributed by atoms with Gasteiger partial charge in [-0.3, -0.25) is 24.5 Å². The lowest BCUT2D eigenvalue weighted by atomic mass is 9.92. The summed E-state index contributed by atoms with van der Waals surface area (Å²) in [6.45, 7) is 0.261. The quantitative estimate of drug-likeness (QED) is 0.0250. The number of para-hydroxylation sites is 2. The Labute approximate surface area is 382 Å². The van der Waals surface area contributed by atoms with Crippen molar-refractivity contribution in [1.29, 1.82) is 0 Å². The molecule has 68 heavy (non-hydrogen) atoms. The molecule has 0 fully saturated rings. The first-order valence-electron chi connectivity index (χ1n) is 20.3. The minimum atomic E-state index is -8.13. The van der Waals surface area contributed by atoms with Crippen LogP contribution in [0, 0.1) is 15.0 Å². The molecule has 0 aliphatic heterocycles. The Morgan fingerprint density at radius 1 is 0.603 bits per heavy atom. The lowest BCUT2D eigenvalue weighted by molar-refractivity contribution is -0.440. The summed E-state index contributed by atoms with van der Waals surface area (Å²) in [4.78, 5) is 53.0. The van der Waals surface area contributed by atoms with Gasteiger partial charge in [0.05, 0.1) is 10.4 Å². The summed E-state index contributed by atoms with van der Waals surface area (Å²) in [5.74, 6) is -41.2. The fraction of sp³-hybridized carbons (Fsp3) is 0.364. The van der Waals surface area contributed by atoms with Crippen LogP contribution in [0.1, 0.15) is 82.9 Å². The van der Waals surface area contributed by atoms with Crippen LogP contribution in [0.2, 0.25) is 0 Å². The molecule has 0 unspecified atom stereocenters. The maximum absolute atomic E-state index is 15.2. The second kappa shape index (κ2) is 20.1. The van der Waals surface area contributed by atoms with Crippen molar-refractivity contribution in [3.63, 3.8) is 0 Å². The molecule has 0 bridgehead atoms. The Morgan fingerprint density at radius 3 is 1.57 bits per heavy atom. The predicted molar refractivity (Wildman–Crippen MR) is 223 cm³/mol. The van der Waals surface area contributed by atoms with E-state index in [0.29, 0.717) is 12.8 Å². The molecule has 0 saturated heterocycles. The number of amides is 2.